The van der Waals surface area contributed by atoms with E-state index in [1.807, 2.05) is 18.2 Å². The van der Waals surface area contributed by atoms with Gasteiger partial charge in [-0.2, -0.15) is 0 Å². The quantitative estimate of drug-likeness (QED) is 0.919. The van der Waals surface area contributed by atoms with Crippen LogP contribution in [0.5, 0.6) is 0 Å². The minimum atomic E-state index is -0.724. The highest BCUT2D eigenvalue weighted by atomic mass is 16.3. The first-order valence-corrected chi connectivity index (χ1v) is 8.06. The molecule has 0 aliphatic carbocycles. The summed E-state index contributed by atoms with van der Waals surface area (Å²) in [6, 6.07) is 7.03. The molecular weight excluding hydrogens is 292 g/mol. The van der Waals surface area contributed by atoms with Crippen LogP contribution in [0.3, 0.4) is 0 Å². The van der Waals surface area contributed by atoms with Crippen molar-refractivity contribution >= 4 is 11.8 Å². The van der Waals surface area contributed by atoms with Crippen molar-refractivity contribution in [3.8, 4) is 0 Å². The predicted molar refractivity (Wildman–Crippen MR) is 89.2 cm³/mol. The fourth-order valence-electron chi connectivity index (χ4n) is 2.77. The Hall–Kier alpha value is -1.88. The van der Waals surface area contributed by atoms with Crippen LogP contribution in [0, 0.1) is 0 Å². The molecule has 5 heteroatoms. The maximum atomic E-state index is 12.7. The van der Waals surface area contributed by atoms with E-state index < -0.39 is 11.6 Å². The molecule has 0 aromatic heterocycles. The minimum Gasteiger partial charge on any atom is -0.390 e. The van der Waals surface area contributed by atoms with Crippen LogP contribution in [-0.2, 0) is 11.2 Å². The number of benzene rings is 1. The molecule has 0 saturated carbocycles. The molecule has 2 amide bonds. The van der Waals surface area contributed by atoms with Gasteiger partial charge in [0, 0.05) is 25.7 Å². The van der Waals surface area contributed by atoms with Crippen molar-refractivity contribution < 1.29 is 14.7 Å². The van der Waals surface area contributed by atoms with Crippen molar-refractivity contribution in [1.29, 1.82) is 0 Å². The molecule has 5 nitrogen and oxygen atoms in total. The van der Waals surface area contributed by atoms with Gasteiger partial charge in [-0.05, 0) is 51.3 Å². The summed E-state index contributed by atoms with van der Waals surface area (Å²) in [6.07, 6.45) is 1.34. The van der Waals surface area contributed by atoms with Gasteiger partial charge < -0.3 is 14.9 Å². The van der Waals surface area contributed by atoms with E-state index in [1.165, 1.54) is 0 Å². The molecule has 1 aromatic rings. The lowest BCUT2D eigenvalue weighted by atomic mass is 9.97. The second-order valence-corrected chi connectivity index (χ2v) is 6.95. The van der Waals surface area contributed by atoms with Crippen LogP contribution < -0.4 is 0 Å². The van der Waals surface area contributed by atoms with Crippen LogP contribution in [0.1, 0.15) is 43.1 Å². The third kappa shape index (κ3) is 4.32. The standard InChI is InChI=1S/C18H26N2O3/c1-13-16(21)19(4)10-11-20(13)17(22)15-7-5-6-14(12-15)8-9-18(2,3)23/h5-7,12-13,23H,8-11H2,1-4H3. The third-order valence-corrected chi connectivity index (χ3v) is 4.34. The van der Waals surface area contributed by atoms with E-state index in [4.69, 9.17) is 0 Å². The fourth-order valence-corrected chi connectivity index (χ4v) is 2.77. The Kier molecular flexibility index (Phi) is 5.09. The molecule has 1 saturated heterocycles. The Labute approximate surface area is 137 Å². The van der Waals surface area contributed by atoms with Crippen LogP contribution in [-0.4, -0.2) is 58.5 Å². The molecule has 1 unspecified atom stereocenters. The number of aryl methyl sites for hydroxylation is 1. The van der Waals surface area contributed by atoms with Crippen molar-refractivity contribution in [1.82, 2.24) is 9.80 Å². The van der Waals surface area contributed by atoms with Gasteiger partial charge in [-0.3, -0.25) is 9.59 Å². The monoisotopic (exact) mass is 318 g/mol. The lowest BCUT2D eigenvalue weighted by molar-refractivity contribution is -0.137. The molecule has 1 aliphatic rings. The van der Waals surface area contributed by atoms with E-state index in [0.717, 1.165) is 5.56 Å². The van der Waals surface area contributed by atoms with Crippen LogP contribution >= 0.6 is 0 Å². The second kappa shape index (κ2) is 6.71. The SMILES string of the molecule is CC1C(=O)N(C)CCN1C(=O)c1cccc(CCC(C)(C)O)c1. The van der Waals surface area contributed by atoms with E-state index in [9.17, 15) is 14.7 Å². The molecule has 1 heterocycles. The number of carbonyl (C=O) groups is 2. The van der Waals surface area contributed by atoms with Gasteiger partial charge in [-0.1, -0.05) is 12.1 Å². The van der Waals surface area contributed by atoms with E-state index in [2.05, 4.69) is 0 Å². The summed E-state index contributed by atoms with van der Waals surface area (Å²) < 4.78 is 0. The summed E-state index contributed by atoms with van der Waals surface area (Å²) in [4.78, 5) is 28.1. The smallest absolute Gasteiger partial charge is 0.254 e. The van der Waals surface area contributed by atoms with E-state index in [1.54, 1.807) is 43.7 Å². The number of nitrogens with zero attached hydrogens (tertiary/aromatic N) is 2. The van der Waals surface area contributed by atoms with E-state index in [0.29, 0.717) is 31.5 Å². The van der Waals surface area contributed by atoms with E-state index in [-0.39, 0.29) is 11.8 Å². The summed E-state index contributed by atoms with van der Waals surface area (Å²) in [5.74, 6) is -0.133. The molecule has 23 heavy (non-hydrogen) atoms. The normalized spacial score (nSPS) is 19.2. The first-order valence-electron chi connectivity index (χ1n) is 8.06. The van der Waals surface area contributed by atoms with Gasteiger partial charge in [0.1, 0.15) is 6.04 Å². The summed E-state index contributed by atoms with van der Waals surface area (Å²) in [6.45, 7) is 6.44. The average Bonchev–Trinajstić information content (AvgIpc) is 2.50. The van der Waals surface area contributed by atoms with Gasteiger partial charge in [-0.15, -0.1) is 0 Å². The summed E-state index contributed by atoms with van der Waals surface area (Å²) in [5.41, 5.74) is 0.895. The lowest BCUT2D eigenvalue weighted by Crippen LogP contribution is -2.56. The van der Waals surface area contributed by atoms with Gasteiger partial charge in [0.15, 0.2) is 0 Å². The molecule has 0 bridgehead atoms. The van der Waals surface area contributed by atoms with Crippen molar-refractivity contribution in [3.63, 3.8) is 0 Å². The first-order chi connectivity index (χ1) is 10.7. The number of aliphatic hydroxyl groups is 1. The Bertz CT molecular complexity index is 592. The lowest BCUT2D eigenvalue weighted by Gasteiger charge is -2.37. The molecule has 1 atom stereocenters. The van der Waals surface area contributed by atoms with E-state index >= 15 is 0 Å². The summed E-state index contributed by atoms with van der Waals surface area (Å²) >= 11 is 0. The average molecular weight is 318 g/mol. The first kappa shape index (κ1) is 17.5. The minimum absolute atomic E-state index is 0.0252. The summed E-state index contributed by atoms with van der Waals surface area (Å²) in [7, 11) is 1.76. The van der Waals surface area contributed by atoms with Gasteiger partial charge in [0.25, 0.3) is 5.91 Å². The molecule has 126 valence electrons. The maximum Gasteiger partial charge on any atom is 0.254 e. The Morgan fingerprint density at radius 1 is 1.35 bits per heavy atom. The molecule has 1 N–H and O–H groups in total. The van der Waals surface area contributed by atoms with Crippen LogP contribution in [0.2, 0.25) is 0 Å². The topological polar surface area (TPSA) is 60.9 Å². The number of rotatable bonds is 4. The summed E-state index contributed by atoms with van der Waals surface area (Å²) in [5, 5.41) is 9.83. The van der Waals surface area contributed by atoms with Gasteiger partial charge in [-0.25, -0.2) is 0 Å². The molecule has 1 fully saturated rings. The zero-order valence-electron chi connectivity index (χ0n) is 14.4. The molecular formula is C18H26N2O3. The highest BCUT2D eigenvalue weighted by Gasteiger charge is 2.32. The highest BCUT2D eigenvalue weighted by molar-refractivity contribution is 5.98. The Balaban J connectivity index is 2.12. The number of amides is 2. The third-order valence-electron chi connectivity index (χ3n) is 4.34. The van der Waals surface area contributed by atoms with Crippen molar-refractivity contribution in [2.24, 2.45) is 0 Å². The highest BCUT2D eigenvalue weighted by Crippen LogP contribution is 2.18. The van der Waals surface area contributed by atoms with Gasteiger partial charge >= 0.3 is 0 Å². The number of likely N-dealkylation sites (N-methyl/N-ethyl adjacent to an activating group) is 1. The van der Waals surface area contributed by atoms with Crippen molar-refractivity contribution in [3.05, 3.63) is 35.4 Å². The largest absolute Gasteiger partial charge is 0.390 e. The van der Waals surface area contributed by atoms with Crippen molar-refractivity contribution in [2.45, 2.75) is 45.3 Å². The number of hydrogen-bond donors (Lipinski definition) is 1. The van der Waals surface area contributed by atoms with Crippen molar-refractivity contribution in [2.75, 3.05) is 20.1 Å². The number of hydrogen-bond acceptors (Lipinski definition) is 3. The molecule has 1 aliphatic heterocycles. The maximum absolute atomic E-state index is 12.7. The zero-order chi connectivity index (χ0) is 17.2. The molecule has 0 spiro atoms. The van der Waals surface area contributed by atoms with Gasteiger partial charge in [0.2, 0.25) is 5.91 Å². The number of carbonyl (C=O) groups excluding carboxylic acids is 2. The molecule has 2 rings (SSSR count). The molecule has 0 radical (unpaired) electrons. The van der Waals surface area contributed by atoms with Crippen LogP contribution in [0.25, 0.3) is 0 Å². The van der Waals surface area contributed by atoms with Crippen LogP contribution in [0.15, 0.2) is 24.3 Å². The zero-order valence-corrected chi connectivity index (χ0v) is 14.4. The van der Waals surface area contributed by atoms with Gasteiger partial charge in [0.05, 0.1) is 5.60 Å². The Morgan fingerprint density at radius 3 is 2.70 bits per heavy atom. The Morgan fingerprint density at radius 2 is 2.04 bits per heavy atom. The fraction of sp³-hybridized carbons (Fsp3) is 0.556. The predicted octanol–water partition coefficient (Wildman–Crippen LogP) is 1.69. The number of piperazine rings is 1. The molecule has 1 aromatic carbocycles. The second-order valence-electron chi connectivity index (χ2n) is 6.95. The van der Waals surface area contributed by atoms with Crippen LogP contribution in [0.4, 0.5) is 0 Å².